The average molecular weight is 541 g/mol. The number of methoxy groups -OCH3 is 1. The first kappa shape index (κ1) is 28.7. The molecule has 1 amide bonds. The number of para-hydroxylation sites is 1. The van der Waals surface area contributed by atoms with Gasteiger partial charge in [0, 0.05) is 69.6 Å². The molecule has 0 spiro atoms. The van der Waals surface area contributed by atoms with Crippen molar-refractivity contribution in [3.05, 3.63) is 35.0 Å². The highest BCUT2D eigenvalue weighted by Gasteiger charge is 2.22. The quantitative estimate of drug-likeness (QED) is 0.346. The largest absolute Gasteiger partial charge is 0.385 e. The van der Waals surface area contributed by atoms with Crippen LogP contribution in [-0.2, 0) is 29.0 Å². The molecule has 9 heteroatoms. The fourth-order valence-corrected chi connectivity index (χ4v) is 6.03. The molecule has 0 aliphatic carbocycles. The third-order valence-corrected chi connectivity index (χ3v) is 8.17. The van der Waals surface area contributed by atoms with E-state index in [1.165, 1.54) is 28.0 Å². The Morgan fingerprint density at radius 1 is 1.16 bits per heavy atom. The summed E-state index contributed by atoms with van der Waals surface area (Å²) in [6, 6.07) is 6.80. The van der Waals surface area contributed by atoms with Gasteiger partial charge in [-0.3, -0.25) is 14.6 Å². The van der Waals surface area contributed by atoms with E-state index in [-0.39, 0.29) is 11.9 Å². The molecule has 208 valence electrons. The molecule has 4 rings (SSSR count). The van der Waals surface area contributed by atoms with Crippen LogP contribution in [0.5, 0.6) is 0 Å². The Labute approximate surface area is 231 Å². The highest BCUT2D eigenvalue weighted by atomic mass is 32.1. The number of ether oxygens (including phenoxy) is 1. The maximum Gasteiger partial charge on any atom is 0.234 e. The molecule has 1 atom stereocenters. The predicted octanol–water partition coefficient (Wildman–Crippen LogP) is 4.43. The zero-order chi connectivity index (χ0) is 27.1. The van der Waals surface area contributed by atoms with E-state index in [1.807, 2.05) is 13.8 Å². The number of aromatic nitrogens is 3. The van der Waals surface area contributed by atoms with Crippen LogP contribution in [0.4, 0.5) is 0 Å². The maximum absolute atomic E-state index is 12.1. The summed E-state index contributed by atoms with van der Waals surface area (Å²) < 4.78 is 12.6. The fourth-order valence-electron chi connectivity index (χ4n) is 5.33. The van der Waals surface area contributed by atoms with Crippen LogP contribution < -0.4 is 5.32 Å². The summed E-state index contributed by atoms with van der Waals surface area (Å²) >= 11 is 1.51. The summed E-state index contributed by atoms with van der Waals surface area (Å²) in [7, 11) is 1.78. The van der Waals surface area contributed by atoms with Gasteiger partial charge >= 0.3 is 0 Å². The lowest BCUT2D eigenvalue weighted by molar-refractivity contribution is -0.123. The molecule has 38 heavy (non-hydrogen) atoms. The summed E-state index contributed by atoms with van der Waals surface area (Å²) in [4.78, 5) is 21.7. The lowest BCUT2D eigenvalue weighted by atomic mass is 10.0. The van der Waals surface area contributed by atoms with E-state index in [0.29, 0.717) is 12.5 Å². The molecule has 1 unspecified atom stereocenters. The van der Waals surface area contributed by atoms with Crippen LogP contribution in [0.25, 0.3) is 22.3 Å². The second kappa shape index (κ2) is 13.6. The van der Waals surface area contributed by atoms with E-state index in [1.54, 1.807) is 7.11 Å². The van der Waals surface area contributed by atoms with Crippen LogP contribution in [0.1, 0.15) is 51.1 Å². The molecule has 0 radical (unpaired) electrons. The Bertz CT molecular complexity index is 1180. The van der Waals surface area contributed by atoms with Crippen molar-refractivity contribution >= 4 is 28.3 Å². The van der Waals surface area contributed by atoms with E-state index in [2.05, 4.69) is 57.9 Å². The summed E-state index contributed by atoms with van der Waals surface area (Å²) in [6.45, 7) is 15.2. The zero-order valence-corrected chi connectivity index (χ0v) is 24.5. The van der Waals surface area contributed by atoms with Crippen molar-refractivity contribution in [2.24, 2.45) is 5.92 Å². The van der Waals surface area contributed by atoms with Gasteiger partial charge < -0.3 is 14.6 Å². The van der Waals surface area contributed by atoms with E-state index >= 15 is 0 Å². The average Bonchev–Trinajstić information content (AvgIpc) is 3.51. The van der Waals surface area contributed by atoms with Crippen LogP contribution in [0.3, 0.4) is 0 Å². The monoisotopic (exact) mass is 540 g/mol. The van der Waals surface area contributed by atoms with Crippen LogP contribution in [0.2, 0.25) is 0 Å². The second-order valence-corrected chi connectivity index (χ2v) is 11.5. The van der Waals surface area contributed by atoms with Crippen molar-refractivity contribution in [2.75, 3.05) is 46.4 Å². The molecule has 0 bridgehead atoms. The van der Waals surface area contributed by atoms with Crippen LogP contribution >= 0.6 is 11.5 Å². The molecule has 0 saturated carbocycles. The Kier molecular flexibility index (Phi) is 10.3. The minimum absolute atomic E-state index is 0.108. The number of aryl methyl sites for hydroxylation is 1. The van der Waals surface area contributed by atoms with Crippen molar-refractivity contribution in [1.82, 2.24) is 29.0 Å². The van der Waals surface area contributed by atoms with Crippen LogP contribution in [0, 0.1) is 5.92 Å². The smallest absolute Gasteiger partial charge is 0.234 e. The van der Waals surface area contributed by atoms with Crippen molar-refractivity contribution in [3.63, 3.8) is 0 Å². The van der Waals surface area contributed by atoms with Gasteiger partial charge in [-0.2, -0.15) is 4.37 Å². The molecule has 1 aliphatic rings. The number of nitrogens with one attached hydrogen (secondary N) is 1. The number of nitrogens with zero attached hydrogens (tertiary/aromatic N) is 5. The zero-order valence-electron chi connectivity index (χ0n) is 23.7. The number of fused-ring (bicyclic) bond motifs is 1. The van der Waals surface area contributed by atoms with Crippen molar-refractivity contribution in [3.8, 4) is 11.4 Å². The number of amides is 1. The maximum atomic E-state index is 12.1. The number of rotatable bonds is 13. The minimum Gasteiger partial charge on any atom is -0.385 e. The predicted molar refractivity (Wildman–Crippen MR) is 155 cm³/mol. The summed E-state index contributed by atoms with van der Waals surface area (Å²) in [5.74, 6) is 1.50. The number of carbonyl (C=O) groups excluding carboxylic acids is 1. The van der Waals surface area contributed by atoms with Gasteiger partial charge in [-0.15, -0.1) is 0 Å². The van der Waals surface area contributed by atoms with Crippen molar-refractivity contribution in [1.29, 1.82) is 0 Å². The first-order valence-corrected chi connectivity index (χ1v) is 14.9. The Balaban J connectivity index is 1.46. The summed E-state index contributed by atoms with van der Waals surface area (Å²) in [5, 5.41) is 5.27. The van der Waals surface area contributed by atoms with Gasteiger partial charge in [0.1, 0.15) is 5.01 Å². The van der Waals surface area contributed by atoms with Crippen LogP contribution in [-0.4, -0.2) is 82.1 Å². The fraction of sp³-hybridized carbons (Fsp3) is 0.621. The molecule has 3 aromatic rings. The molecule has 1 aromatic carbocycles. The number of carbonyl (C=O) groups is 1. The van der Waals surface area contributed by atoms with E-state index in [0.717, 1.165) is 81.5 Å². The van der Waals surface area contributed by atoms with E-state index < -0.39 is 0 Å². The Hall–Kier alpha value is -2.33. The molecular weight excluding hydrogens is 496 g/mol. The first-order chi connectivity index (χ1) is 18.4. The lowest BCUT2D eigenvalue weighted by Crippen LogP contribution is -2.49. The van der Waals surface area contributed by atoms with Gasteiger partial charge in [0.15, 0.2) is 5.82 Å². The van der Waals surface area contributed by atoms with Crippen molar-refractivity contribution < 1.29 is 9.53 Å². The molecule has 8 nitrogen and oxygen atoms in total. The first-order valence-electron chi connectivity index (χ1n) is 14.1. The van der Waals surface area contributed by atoms with E-state index in [4.69, 9.17) is 14.1 Å². The molecule has 1 saturated heterocycles. The SMILES string of the molecule is CCc1cccc2c(-c3nsc(CN4CCN(CC(=O)NC(C)C)CC4)n3)cn(CC(CC)CCOC)c12. The molecule has 1 fully saturated rings. The Morgan fingerprint density at radius 2 is 1.92 bits per heavy atom. The minimum atomic E-state index is 0.108. The van der Waals surface area contributed by atoms with Gasteiger partial charge in [-0.05, 0) is 49.7 Å². The molecule has 1 aliphatic heterocycles. The van der Waals surface area contributed by atoms with Gasteiger partial charge in [-0.1, -0.05) is 38.5 Å². The highest BCUT2D eigenvalue weighted by Crippen LogP contribution is 2.33. The molecular formula is C29H44N6O2S. The third kappa shape index (κ3) is 7.20. The third-order valence-electron chi connectivity index (χ3n) is 7.47. The number of benzene rings is 1. The normalized spacial score (nSPS) is 15.9. The second-order valence-electron chi connectivity index (χ2n) is 10.7. The van der Waals surface area contributed by atoms with Gasteiger partial charge in [-0.25, -0.2) is 4.98 Å². The van der Waals surface area contributed by atoms with Gasteiger partial charge in [0.25, 0.3) is 0 Å². The standard InChI is InChI=1S/C29H44N6O2S/c1-6-22(11-16-37-5)17-35-18-25(24-10-8-9-23(7-2)28(24)35)29-31-27(38-32-29)20-34-14-12-33(13-15-34)19-26(36)30-21(3)4/h8-10,18,21-22H,6-7,11-17,19-20H2,1-5H3,(H,30,36). The molecule has 3 heterocycles. The number of piperazine rings is 1. The van der Waals surface area contributed by atoms with E-state index in [9.17, 15) is 4.79 Å². The molecule has 1 N–H and O–H groups in total. The molecule has 2 aromatic heterocycles. The van der Waals surface area contributed by atoms with Crippen LogP contribution in [0.15, 0.2) is 24.4 Å². The summed E-state index contributed by atoms with van der Waals surface area (Å²) in [6.07, 6.45) is 5.45. The van der Waals surface area contributed by atoms with Gasteiger partial charge in [0.2, 0.25) is 5.91 Å². The highest BCUT2D eigenvalue weighted by molar-refractivity contribution is 7.05. The van der Waals surface area contributed by atoms with Crippen molar-refractivity contribution in [2.45, 2.75) is 66.1 Å². The Morgan fingerprint density at radius 3 is 2.61 bits per heavy atom. The lowest BCUT2D eigenvalue weighted by Gasteiger charge is -2.33. The summed E-state index contributed by atoms with van der Waals surface area (Å²) in [5.41, 5.74) is 3.81. The number of hydrogen-bond acceptors (Lipinski definition) is 7. The number of hydrogen-bond donors (Lipinski definition) is 1. The topological polar surface area (TPSA) is 75.5 Å². The van der Waals surface area contributed by atoms with Gasteiger partial charge in [0.05, 0.1) is 18.6 Å².